The molecule has 1 aromatic heterocycles. The van der Waals surface area contributed by atoms with Crippen LogP contribution in [0.25, 0.3) is 0 Å². The normalized spacial score (nSPS) is 20.4. The Bertz CT molecular complexity index is 683. The van der Waals surface area contributed by atoms with Crippen molar-refractivity contribution in [3.05, 3.63) is 48.0 Å². The van der Waals surface area contributed by atoms with Crippen molar-refractivity contribution in [2.75, 3.05) is 13.2 Å². The summed E-state index contributed by atoms with van der Waals surface area (Å²) in [7, 11) is 1.93. The molecule has 0 saturated carbocycles. The third-order valence-electron chi connectivity index (χ3n) is 3.93. The smallest absolute Gasteiger partial charge is 0.251 e. The Labute approximate surface area is 135 Å². The largest absolute Gasteiger partial charge is 0.494 e. The zero-order valence-electron chi connectivity index (χ0n) is 13.4. The Morgan fingerprint density at radius 3 is 3.13 bits per heavy atom. The number of carbonyl (C=O) groups is 1. The topological polar surface area (TPSA) is 65.4 Å². The summed E-state index contributed by atoms with van der Waals surface area (Å²) in [6, 6.07) is 7.12. The molecule has 1 fully saturated rings. The van der Waals surface area contributed by atoms with Crippen molar-refractivity contribution in [2.45, 2.75) is 25.5 Å². The second-order valence-corrected chi connectivity index (χ2v) is 5.52. The van der Waals surface area contributed by atoms with Crippen molar-refractivity contribution in [3.63, 3.8) is 0 Å². The molecule has 2 heterocycles. The highest BCUT2D eigenvalue weighted by Crippen LogP contribution is 2.28. The van der Waals surface area contributed by atoms with Crippen molar-refractivity contribution >= 4 is 5.91 Å². The summed E-state index contributed by atoms with van der Waals surface area (Å²) in [4.78, 5) is 16.8. The maximum absolute atomic E-state index is 12.5. The fourth-order valence-electron chi connectivity index (χ4n) is 2.79. The van der Waals surface area contributed by atoms with Crippen LogP contribution in [0.4, 0.5) is 0 Å². The van der Waals surface area contributed by atoms with Crippen LogP contribution >= 0.6 is 0 Å². The van der Waals surface area contributed by atoms with Crippen LogP contribution in [0.3, 0.4) is 0 Å². The minimum Gasteiger partial charge on any atom is -0.494 e. The van der Waals surface area contributed by atoms with Gasteiger partial charge < -0.3 is 19.4 Å². The maximum atomic E-state index is 12.5. The van der Waals surface area contributed by atoms with Gasteiger partial charge in [-0.25, -0.2) is 4.98 Å². The lowest BCUT2D eigenvalue weighted by Crippen LogP contribution is -2.37. The Hall–Kier alpha value is -2.34. The summed E-state index contributed by atoms with van der Waals surface area (Å²) in [5.41, 5.74) is 0.585. The van der Waals surface area contributed by atoms with Gasteiger partial charge in [-0.15, -0.1) is 0 Å². The van der Waals surface area contributed by atoms with E-state index in [0.717, 1.165) is 12.2 Å². The van der Waals surface area contributed by atoms with Crippen LogP contribution in [0.2, 0.25) is 0 Å². The highest BCUT2D eigenvalue weighted by molar-refractivity contribution is 5.94. The van der Waals surface area contributed by atoms with Gasteiger partial charge in [-0.3, -0.25) is 4.79 Å². The molecule has 2 atom stereocenters. The minimum absolute atomic E-state index is 0.0839. The van der Waals surface area contributed by atoms with Gasteiger partial charge >= 0.3 is 0 Å². The van der Waals surface area contributed by atoms with Gasteiger partial charge in [0.15, 0.2) is 0 Å². The van der Waals surface area contributed by atoms with E-state index < -0.39 is 0 Å². The molecule has 1 N–H and O–H groups in total. The summed E-state index contributed by atoms with van der Waals surface area (Å²) in [5, 5.41) is 3.06. The van der Waals surface area contributed by atoms with E-state index in [1.54, 1.807) is 18.3 Å². The van der Waals surface area contributed by atoms with E-state index in [-0.39, 0.29) is 18.1 Å². The third kappa shape index (κ3) is 3.37. The van der Waals surface area contributed by atoms with Crippen molar-refractivity contribution in [2.24, 2.45) is 7.05 Å². The Morgan fingerprint density at radius 2 is 2.39 bits per heavy atom. The van der Waals surface area contributed by atoms with Gasteiger partial charge in [0.05, 0.1) is 12.6 Å². The number of benzene rings is 1. The molecule has 0 bridgehead atoms. The molecule has 0 aliphatic carbocycles. The number of nitrogens with zero attached hydrogens (tertiary/aromatic N) is 2. The van der Waals surface area contributed by atoms with Crippen LogP contribution < -0.4 is 10.1 Å². The number of aromatic nitrogens is 2. The number of hydrogen-bond acceptors (Lipinski definition) is 4. The average Bonchev–Trinajstić information content (AvgIpc) is 3.16. The molecule has 0 unspecified atom stereocenters. The van der Waals surface area contributed by atoms with Gasteiger partial charge in [0.25, 0.3) is 5.91 Å². The van der Waals surface area contributed by atoms with Crippen molar-refractivity contribution in [1.29, 1.82) is 0 Å². The van der Waals surface area contributed by atoms with Crippen LogP contribution in [-0.2, 0) is 11.8 Å². The Morgan fingerprint density at radius 1 is 1.52 bits per heavy atom. The monoisotopic (exact) mass is 315 g/mol. The Kier molecular flexibility index (Phi) is 4.62. The number of imidazole rings is 1. The van der Waals surface area contributed by atoms with E-state index in [0.29, 0.717) is 24.5 Å². The SMILES string of the molecule is CCOc1cccc(C(=O)N[C@H]2CCO[C@@H]2c2nccn2C)c1. The molecule has 1 aromatic carbocycles. The van der Waals surface area contributed by atoms with E-state index in [1.165, 1.54) is 0 Å². The number of aryl methyl sites for hydroxylation is 1. The average molecular weight is 315 g/mol. The zero-order chi connectivity index (χ0) is 16.2. The molecule has 23 heavy (non-hydrogen) atoms. The minimum atomic E-state index is -0.214. The molecule has 0 radical (unpaired) electrons. The number of nitrogens with one attached hydrogen (secondary N) is 1. The first-order valence-corrected chi connectivity index (χ1v) is 7.81. The molecule has 6 heteroatoms. The van der Waals surface area contributed by atoms with Crippen LogP contribution in [-0.4, -0.2) is 34.7 Å². The lowest BCUT2D eigenvalue weighted by molar-refractivity contribution is 0.0779. The standard InChI is InChI=1S/C17H21N3O3/c1-3-22-13-6-4-5-12(11-13)17(21)19-14-7-10-23-15(14)16-18-8-9-20(16)2/h4-6,8-9,11,14-15H,3,7,10H2,1-2H3,(H,19,21)/t14-,15-/m0/s1. The van der Waals surface area contributed by atoms with Crippen LogP contribution in [0.1, 0.15) is 35.6 Å². The van der Waals surface area contributed by atoms with E-state index in [1.807, 2.05) is 36.9 Å². The number of carbonyl (C=O) groups excluding carboxylic acids is 1. The predicted molar refractivity (Wildman–Crippen MR) is 85.4 cm³/mol. The van der Waals surface area contributed by atoms with Crippen LogP contribution in [0.15, 0.2) is 36.7 Å². The molecule has 2 aromatic rings. The van der Waals surface area contributed by atoms with Crippen LogP contribution in [0, 0.1) is 0 Å². The van der Waals surface area contributed by atoms with Crippen molar-refractivity contribution in [1.82, 2.24) is 14.9 Å². The third-order valence-corrected chi connectivity index (χ3v) is 3.93. The maximum Gasteiger partial charge on any atom is 0.251 e. The zero-order valence-corrected chi connectivity index (χ0v) is 13.4. The van der Waals surface area contributed by atoms with Crippen LogP contribution in [0.5, 0.6) is 5.75 Å². The van der Waals surface area contributed by atoms with E-state index >= 15 is 0 Å². The van der Waals surface area contributed by atoms with E-state index in [4.69, 9.17) is 9.47 Å². The molecule has 1 aliphatic rings. The lowest BCUT2D eigenvalue weighted by atomic mass is 10.1. The lowest BCUT2D eigenvalue weighted by Gasteiger charge is -2.19. The van der Waals surface area contributed by atoms with Crippen molar-refractivity contribution in [3.8, 4) is 5.75 Å². The summed E-state index contributed by atoms with van der Waals surface area (Å²) in [5.74, 6) is 1.40. The van der Waals surface area contributed by atoms with Gasteiger partial charge in [-0.1, -0.05) is 6.07 Å². The van der Waals surface area contributed by atoms with Gasteiger partial charge in [-0.2, -0.15) is 0 Å². The summed E-state index contributed by atoms with van der Waals surface area (Å²) < 4.78 is 13.1. The fraction of sp³-hybridized carbons (Fsp3) is 0.412. The molecule has 6 nitrogen and oxygen atoms in total. The molecule has 0 spiro atoms. The summed E-state index contributed by atoms with van der Waals surface area (Å²) in [6.07, 6.45) is 4.17. The first kappa shape index (κ1) is 15.6. The van der Waals surface area contributed by atoms with E-state index in [2.05, 4.69) is 10.3 Å². The van der Waals surface area contributed by atoms with Gasteiger partial charge in [0.1, 0.15) is 17.7 Å². The molecular weight excluding hydrogens is 294 g/mol. The number of hydrogen-bond donors (Lipinski definition) is 1. The predicted octanol–water partition coefficient (Wildman–Crippen LogP) is 2.08. The molecule has 3 rings (SSSR count). The summed E-state index contributed by atoms with van der Waals surface area (Å²) in [6.45, 7) is 3.10. The first-order chi connectivity index (χ1) is 11.2. The molecule has 122 valence electrons. The van der Waals surface area contributed by atoms with Crippen molar-refractivity contribution < 1.29 is 14.3 Å². The van der Waals surface area contributed by atoms with Gasteiger partial charge in [0.2, 0.25) is 0 Å². The fourth-order valence-corrected chi connectivity index (χ4v) is 2.79. The van der Waals surface area contributed by atoms with E-state index in [9.17, 15) is 4.79 Å². The number of ether oxygens (including phenoxy) is 2. The highest BCUT2D eigenvalue weighted by Gasteiger charge is 2.33. The first-order valence-electron chi connectivity index (χ1n) is 7.81. The highest BCUT2D eigenvalue weighted by atomic mass is 16.5. The second-order valence-electron chi connectivity index (χ2n) is 5.52. The quantitative estimate of drug-likeness (QED) is 0.917. The molecule has 1 saturated heterocycles. The molecule has 1 aliphatic heterocycles. The molecular formula is C17H21N3O3. The molecule has 1 amide bonds. The second kappa shape index (κ2) is 6.83. The van der Waals surface area contributed by atoms with Gasteiger partial charge in [-0.05, 0) is 31.5 Å². The van der Waals surface area contributed by atoms with Gasteiger partial charge in [0, 0.05) is 31.6 Å². The number of amides is 1. The summed E-state index contributed by atoms with van der Waals surface area (Å²) >= 11 is 0. The Balaban J connectivity index is 1.72. The number of rotatable bonds is 5.